The number of ether oxygens (including phenoxy) is 2. The van der Waals surface area contributed by atoms with Gasteiger partial charge in [0.2, 0.25) is 0 Å². The van der Waals surface area contributed by atoms with Gasteiger partial charge in [-0.05, 0) is 32.3 Å². The Bertz CT molecular complexity index is 291. The SMILES string of the molecule is C=CCOC(=O)C(C)=CC1([SiH3])CCCCO1. The summed E-state index contributed by atoms with van der Waals surface area (Å²) in [6, 6.07) is 0. The lowest BCUT2D eigenvalue weighted by Crippen LogP contribution is -2.35. The monoisotopic (exact) mass is 240 g/mol. The van der Waals surface area contributed by atoms with Crippen molar-refractivity contribution in [3.8, 4) is 0 Å². The fourth-order valence-electron chi connectivity index (χ4n) is 1.83. The molecule has 1 aliphatic heterocycles. The van der Waals surface area contributed by atoms with E-state index in [1.165, 1.54) is 6.42 Å². The molecule has 1 rings (SSSR count). The van der Waals surface area contributed by atoms with Crippen molar-refractivity contribution in [3.63, 3.8) is 0 Å². The maximum absolute atomic E-state index is 11.5. The molecule has 90 valence electrons. The molecule has 0 N–H and O–H groups in total. The van der Waals surface area contributed by atoms with Crippen molar-refractivity contribution >= 4 is 16.2 Å². The van der Waals surface area contributed by atoms with Crippen molar-refractivity contribution in [2.45, 2.75) is 31.4 Å². The lowest BCUT2D eigenvalue weighted by Gasteiger charge is -2.31. The molecule has 0 radical (unpaired) electrons. The van der Waals surface area contributed by atoms with E-state index in [4.69, 9.17) is 9.47 Å². The zero-order valence-electron chi connectivity index (χ0n) is 10.1. The van der Waals surface area contributed by atoms with Crippen molar-refractivity contribution in [2.24, 2.45) is 0 Å². The lowest BCUT2D eigenvalue weighted by atomic mass is 10.1. The average Bonchev–Trinajstić information content (AvgIpc) is 2.26. The van der Waals surface area contributed by atoms with Gasteiger partial charge in [-0.2, -0.15) is 0 Å². The number of carbonyl (C=O) groups is 1. The van der Waals surface area contributed by atoms with Crippen molar-refractivity contribution in [2.75, 3.05) is 13.2 Å². The smallest absolute Gasteiger partial charge is 0.333 e. The van der Waals surface area contributed by atoms with Crippen molar-refractivity contribution in [1.29, 1.82) is 0 Å². The van der Waals surface area contributed by atoms with E-state index in [-0.39, 0.29) is 17.8 Å². The summed E-state index contributed by atoms with van der Waals surface area (Å²) in [6.07, 6.45) is 6.82. The Kier molecular flexibility index (Phi) is 4.95. The molecule has 4 heteroatoms. The standard InChI is InChI=1S/C12H20O3Si/c1-3-7-14-11(13)10(2)9-12(16)6-4-5-8-15-12/h3,9H,1,4-8H2,2,16H3. The van der Waals surface area contributed by atoms with Crippen LogP contribution in [0.25, 0.3) is 0 Å². The van der Waals surface area contributed by atoms with Crippen LogP contribution in [0.5, 0.6) is 0 Å². The molecule has 0 saturated carbocycles. The van der Waals surface area contributed by atoms with Gasteiger partial charge in [-0.25, -0.2) is 4.79 Å². The van der Waals surface area contributed by atoms with E-state index in [1.807, 2.05) is 6.08 Å². The van der Waals surface area contributed by atoms with Crippen LogP contribution in [0.2, 0.25) is 0 Å². The third-order valence-corrected chi connectivity index (χ3v) is 3.75. The Hall–Kier alpha value is -0.873. The highest BCUT2D eigenvalue weighted by Gasteiger charge is 2.26. The topological polar surface area (TPSA) is 35.5 Å². The van der Waals surface area contributed by atoms with Gasteiger partial charge < -0.3 is 9.47 Å². The first-order valence-corrected chi connectivity index (χ1v) is 6.69. The van der Waals surface area contributed by atoms with Crippen LogP contribution in [0.4, 0.5) is 0 Å². The molecule has 0 bridgehead atoms. The summed E-state index contributed by atoms with van der Waals surface area (Å²) in [6.45, 7) is 6.35. The zero-order chi connectivity index (χ0) is 12.0. The number of hydrogen-bond acceptors (Lipinski definition) is 3. The van der Waals surface area contributed by atoms with Crippen LogP contribution in [0.1, 0.15) is 26.2 Å². The summed E-state index contributed by atoms with van der Waals surface area (Å²) in [5.41, 5.74) is 0.638. The van der Waals surface area contributed by atoms with Crippen LogP contribution >= 0.6 is 0 Å². The van der Waals surface area contributed by atoms with Crippen LogP contribution in [0.3, 0.4) is 0 Å². The molecular weight excluding hydrogens is 220 g/mol. The largest absolute Gasteiger partial charge is 0.458 e. The molecule has 1 fully saturated rings. The maximum atomic E-state index is 11.5. The Balaban J connectivity index is 2.59. The highest BCUT2D eigenvalue weighted by Crippen LogP contribution is 2.24. The molecule has 0 aromatic heterocycles. The molecule has 1 unspecified atom stereocenters. The van der Waals surface area contributed by atoms with Crippen molar-refractivity contribution in [3.05, 3.63) is 24.3 Å². The highest BCUT2D eigenvalue weighted by molar-refractivity contribution is 6.16. The molecule has 0 amide bonds. The minimum Gasteiger partial charge on any atom is -0.458 e. The minimum atomic E-state index is -0.274. The van der Waals surface area contributed by atoms with E-state index in [0.717, 1.165) is 29.7 Å². The van der Waals surface area contributed by atoms with Crippen molar-refractivity contribution in [1.82, 2.24) is 0 Å². The Morgan fingerprint density at radius 3 is 2.94 bits per heavy atom. The summed E-state index contributed by atoms with van der Waals surface area (Å²) in [5, 5.41) is -0.171. The minimum absolute atomic E-state index is 0.171. The van der Waals surface area contributed by atoms with E-state index < -0.39 is 0 Å². The van der Waals surface area contributed by atoms with Gasteiger partial charge in [0.15, 0.2) is 0 Å². The lowest BCUT2D eigenvalue weighted by molar-refractivity contribution is -0.137. The van der Waals surface area contributed by atoms with Gasteiger partial charge >= 0.3 is 5.97 Å². The van der Waals surface area contributed by atoms with Crippen LogP contribution in [0, 0.1) is 0 Å². The molecule has 1 atom stereocenters. The van der Waals surface area contributed by atoms with Crippen LogP contribution in [0.15, 0.2) is 24.3 Å². The first kappa shape index (κ1) is 13.2. The zero-order valence-corrected chi connectivity index (χ0v) is 12.1. The molecule has 0 aromatic carbocycles. The quantitative estimate of drug-likeness (QED) is 0.317. The van der Waals surface area contributed by atoms with Gasteiger partial charge in [-0.1, -0.05) is 12.7 Å². The van der Waals surface area contributed by atoms with Crippen LogP contribution in [-0.2, 0) is 14.3 Å². The predicted molar refractivity (Wildman–Crippen MR) is 67.4 cm³/mol. The first-order chi connectivity index (χ1) is 7.57. The summed E-state index contributed by atoms with van der Waals surface area (Å²) >= 11 is 0. The average molecular weight is 240 g/mol. The number of rotatable bonds is 4. The van der Waals surface area contributed by atoms with Gasteiger partial charge in [0.25, 0.3) is 0 Å². The van der Waals surface area contributed by atoms with E-state index in [1.54, 1.807) is 13.0 Å². The molecule has 0 spiro atoms. The second-order valence-corrected chi connectivity index (χ2v) is 6.03. The van der Waals surface area contributed by atoms with Gasteiger partial charge in [0.05, 0.1) is 5.22 Å². The molecule has 1 aliphatic rings. The number of esters is 1. The van der Waals surface area contributed by atoms with Gasteiger partial charge in [0, 0.05) is 22.4 Å². The molecular formula is C12H20O3Si. The number of hydrogen-bond donors (Lipinski definition) is 0. The number of carbonyl (C=O) groups excluding carboxylic acids is 1. The summed E-state index contributed by atoms with van der Waals surface area (Å²) in [7, 11) is 0.902. The molecule has 1 heterocycles. The molecule has 3 nitrogen and oxygen atoms in total. The molecule has 16 heavy (non-hydrogen) atoms. The van der Waals surface area contributed by atoms with Gasteiger partial charge in [-0.3, -0.25) is 0 Å². The fraction of sp³-hybridized carbons (Fsp3) is 0.583. The first-order valence-electron chi connectivity index (χ1n) is 5.69. The normalized spacial score (nSPS) is 26.4. The van der Waals surface area contributed by atoms with Crippen molar-refractivity contribution < 1.29 is 14.3 Å². The Morgan fingerprint density at radius 2 is 2.38 bits per heavy atom. The highest BCUT2D eigenvalue weighted by atomic mass is 28.1. The predicted octanol–water partition coefficient (Wildman–Crippen LogP) is 0.924. The fourth-order valence-corrected chi connectivity index (χ4v) is 2.83. The van der Waals surface area contributed by atoms with E-state index in [2.05, 4.69) is 6.58 Å². The second-order valence-electron chi connectivity index (χ2n) is 4.33. The Labute approximate surface area is 99.9 Å². The van der Waals surface area contributed by atoms with E-state index in [9.17, 15) is 4.79 Å². The molecule has 0 aromatic rings. The van der Waals surface area contributed by atoms with Gasteiger partial charge in [-0.15, -0.1) is 0 Å². The van der Waals surface area contributed by atoms with E-state index in [0.29, 0.717) is 5.57 Å². The summed E-state index contributed by atoms with van der Waals surface area (Å²) in [4.78, 5) is 11.5. The second kappa shape index (κ2) is 6.01. The third kappa shape index (κ3) is 3.94. The van der Waals surface area contributed by atoms with Gasteiger partial charge in [0.1, 0.15) is 6.61 Å². The van der Waals surface area contributed by atoms with Crippen LogP contribution < -0.4 is 0 Å². The third-order valence-electron chi connectivity index (χ3n) is 2.68. The van der Waals surface area contributed by atoms with E-state index >= 15 is 0 Å². The Morgan fingerprint density at radius 1 is 1.62 bits per heavy atom. The molecule has 1 saturated heterocycles. The maximum Gasteiger partial charge on any atom is 0.333 e. The summed E-state index contributed by atoms with van der Waals surface area (Å²) in [5.74, 6) is -0.274. The summed E-state index contributed by atoms with van der Waals surface area (Å²) < 4.78 is 10.7. The van der Waals surface area contributed by atoms with Crippen LogP contribution in [-0.4, -0.2) is 34.6 Å². The molecule has 0 aliphatic carbocycles.